The normalized spacial score (nSPS) is 26.1. The average molecular weight is 279 g/mol. The van der Waals surface area contributed by atoms with E-state index in [1.807, 2.05) is 0 Å². The summed E-state index contributed by atoms with van der Waals surface area (Å²) in [6.07, 6.45) is 0.107. The number of anilines is 1. The summed E-state index contributed by atoms with van der Waals surface area (Å²) >= 11 is 0. The number of carbonyl (C=O) groups is 1. The lowest BCUT2D eigenvalue weighted by atomic mass is 9.95. The molecule has 5 nitrogen and oxygen atoms in total. The van der Waals surface area contributed by atoms with Gasteiger partial charge in [0, 0.05) is 24.6 Å². The van der Waals surface area contributed by atoms with Crippen molar-refractivity contribution in [2.45, 2.75) is 18.4 Å². The van der Waals surface area contributed by atoms with E-state index in [1.54, 1.807) is 12.1 Å². The van der Waals surface area contributed by atoms with Crippen molar-refractivity contribution in [3.63, 3.8) is 0 Å². The zero-order chi connectivity index (χ0) is 14.1. The number of rotatable bonds is 3. The van der Waals surface area contributed by atoms with Crippen LogP contribution in [0.1, 0.15) is 17.9 Å². The van der Waals surface area contributed by atoms with Crippen molar-refractivity contribution in [1.82, 2.24) is 5.32 Å². The van der Waals surface area contributed by atoms with Gasteiger partial charge in [-0.3, -0.25) is 4.90 Å². The van der Waals surface area contributed by atoms with E-state index in [-0.39, 0.29) is 24.4 Å². The fraction of sp³-hybridized carbons (Fsp3) is 0.500. The topological polar surface area (TPSA) is 67.6 Å². The van der Waals surface area contributed by atoms with Gasteiger partial charge in [0.1, 0.15) is 11.9 Å². The number of carbonyl (C=O) groups excluding carboxylic acids is 1. The molecule has 2 heterocycles. The predicted molar refractivity (Wildman–Crippen MR) is 73.3 cm³/mol. The van der Waals surface area contributed by atoms with Gasteiger partial charge >= 0.3 is 6.09 Å². The molecule has 0 radical (unpaired) electrons. The van der Waals surface area contributed by atoms with Crippen molar-refractivity contribution in [3.05, 3.63) is 29.6 Å². The van der Waals surface area contributed by atoms with Gasteiger partial charge in [-0.15, -0.1) is 0 Å². The highest BCUT2D eigenvalue weighted by atomic mass is 19.1. The third kappa shape index (κ3) is 2.25. The summed E-state index contributed by atoms with van der Waals surface area (Å²) in [6, 6.07) is 4.84. The van der Waals surface area contributed by atoms with Crippen LogP contribution in [0.2, 0.25) is 0 Å². The molecule has 3 N–H and O–H groups in total. The highest BCUT2D eigenvalue weighted by Gasteiger charge is 2.35. The number of halogens is 1. The largest absolute Gasteiger partial charge is 0.443 e. The van der Waals surface area contributed by atoms with Crippen molar-refractivity contribution in [1.29, 1.82) is 0 Å². The molecule has 108 valence electrons. The number of amides is 1. The van der Waals surface area contributed by atoms with Crippen LogP contribution >= 0.6 is 0 Å². The number of nitrogens with zero attached hydrogens (tertiary/aromatic N) is 1. The van der Waals surface area contributed by atoms with Crippen molar-refractivity contribution >= 4 is 11.8 Å². The van der Waals surface area contributed by atoms with Gasteiger partial charge in [0.25, 0.3) is 0 Å². The highest BCUT2D eigenvalue weighted by molar-refractivity contribution is 5.91. The number of cyclic esters (lactones) is 1. The third-order valence-corrected chi connectivity index (χ3v) is 3.93. The fourth-order valence-corrected chi connectivity index (χ4v) is 2.91. The smallest absolute Gasteiger partial charge is 0.414 e. The Morgan fingerprint density at radius 2 is 2.35 bits per heavy atom. The third-order valence-electron chi connectivity index (χ3n) is 3.93. The molecule has 6 heteroatoms. The van der Waals surface area contributed by atoms with Gasteiger partial charge in [0.15, 0.2) is 0 Å². The summed E-state index contributed by atoms with van der Waals surface area (Å²) in [7, 11) is 0. The van der Waals surface area contributed by atoms with Gasteiger partial charge in [-0.2, -0.15) is 0 Å². The quantitative estimate of drug-likeness (QED) is 0.872. The number of nitrogens with two attached hydrogens (primary N) is 1. The Bertz CT molecular complexity index is 517. The van der Waals surface area contributed by atoms with Crippen LogP contribution in [0.3, 0.4) is 0 Å². The molecule has 2 atom stereocenters. The maximum atomic E-state index is 14.2. The van der Waals surface area contributed by atoms with E-state index in [0.717, 1.165) is 19.5 Å². The lowest BCUT2D eigenvalue weighted by molar-refractivity contribution is 0.145. The van der Waals surface area contributed by atoms with E-state index in [0.29, 0.717) is 17.8 Å². The zero-order valence-electron chi connectivity index (χ0n) is 11.1. The summed E-state index contributed by atoms with van der Waals surface area (Å²) in [4.78, 5) is 13.4. The monoisotopic (exact) mass is 279 g/mol. The number of ether oxygens (including phenoxy) is 1. The Kier molecular flexibility index (Phi) is 3.58. The predicted octanol–water partition coefficient (Wildman–Crippen LogP) is 1.19. The highest BCUT2D eigenvalue weighted by Crippen LogP contribution is 2.35. The van der Waals surface area contributed by atoms with Crippen molar-refractivity contribution in [3.8, 4) is 0 Å². The van der Waals surface area contributed by atoms with Gasteiger partial charge in [0.05, 0.1) is 12.2 Å². The number of nitrogens with one attached hydrogen (secondary N) is 1. The Morgan fingerprint density at radius 3 is 3.00 bits per heavy atom. The first kappa shape index (κ1) is 13.3. The van der Waals surface area contributed by atoms with Crippen LogP contribution in [0, 0.1) is 5.82 Å². The second-order valence-electron chi connectivity index (χ2n) is 5.21. The van der Waals surface area contributed by atoms with Crippen LogP contribution in [-0.2, 0) is 4.74 Å². The van der Waals surface area contributed by atoms with Crippen LogP contribution in [0.5, 0.6) is 0 Å². The Hall–Kier alpha value is -1.66. The molecule has 0 spiro atoms. The van der Waals surface area contributed by atoms with E-state index >= 15 is 0 Å². The molecule has 0 aliphatic carbocycles. The lowest BCUT2D eigenvalue weighted by Crippen LogP contribution is -2.29. The molecular weight excluding hydrogens is 261 g/mol. The Labute approximate surface area is 116 Å². The molecule has 0 saturated carbocycles. The minimum absolute atomic E-state index is 0.0935. The standard InChI is InChI=1S/C14H18FN3O2/c15-11-2-1-3-12(13(11)9-4-5-17-7-9)18-8-10(6-16)20-14(18)19/h1-3,9-10,17H,4-8,16H2/t9?,10-/m0/s1. The second-order valence-corrected chi connectivity index (χ2v) is 5.21. The van der Waals surface area contributed by atoms with E-state index in [4.69, 9.17) is 10.5 Å². The van der Waals surface area contributed by atoms with Gasteiger partial charge in [-0.05, 0) is 25.1 Å². The first-order chi connectivity index (χ1) is 9.70. The molecule has 1 aromatic carbocycles. The maximum Gasteiger partial charge on any atom is 0.414 e. The molecule has 1 aromatic rings. The Balaban J connectivity index is 1.97. The molecule has 3 rings (SSSR count). The van der Waals surface area contributed by atoms with Crippen LogP contribution in [0.15, 0.2) is 18.2 Å². The SMILES string of the molecule is NC[C@H]1CN(c2cccc(F)c2C2CCNC2)C(=O)O1. The summed E-state index contributed by atoms with van der Waals surface area (Å²) in [5, 5.41) is 3.23. The van der Waals surface area contributed by atoms with Crippen molar-refractivity contribution < 1.29 is 13.9 Å². The number of hydrogen-bond donors (Lipinski definition) is 2. The second kappa shape index (κ2) is 5.38. The summed E-state index contributed by atoms with van der Waals surface area (Å²) in [6.45, 7) is 2.26. The summed E-state index contributed by atoms with van der Waals surface area (Å²) < 4.78 is 19.4. The van der Waals surface area contributed by atoms with E-state index in [9.17, 15) is 9.18 Å². The average Bonchev–Trinajstić information content (AvgIpc) is 3.07. The minimum Gasteiger partial charge on any atom is -0.443 e. The lowest BCUT2D eigenvalue weighted by Gasteiger charge is -2.21. The Morgan fingerprint density at radius 1 is 1.50 bits per heavy atom. The van der Waals surface area contributed by atoms with E-state index in [1.165, 1.54) is 11.0 Å². The van der Waals surface area contributed by atoms with E-state index in [2.05, 4.69) is 5.32 Å². The first-order valence-corrected chi connectivity index (χ1v) is 6.88. The number of benzene rings is 1. The molecule has 2 aliphatic heterocycles. The molecule has 0 aromatic heterocycles. The van der Waals surface area contributed by atoms with Gasteiger partial charge in [0.2, 0.25) is 0 Å². The number of hydrogen-bond acceptors (Lipinski definition) is 4. The fourth-order valence-electron chi connectivity index (χ4n) is 2.91. The maximum absolute atomic E-state index is 14.2. The van der Waals surface area contributed by atoms with Crippen LogP contribution in [-0.4, -0.2) is 38.4 Å². The van der Waals surface area contributed by atoms with Crippen LogP contribution in [0.4, 0.5) is 14.9 Å². The molecule has 2 saturated heterocycles. The molecule has 0 bridgehead atoms. The molecule has 2 fully saturated rings. The summed E-state index contributed by atoms with van der Waals surface area (Å²) in [5.74, 6) is -0.170. The molecule has 20 heavy (non-hydrogen) atoms. The van der Waals surface area contributed by atoms with Crippen LogP contribution < -0.4 is 16.0 Å². The zero-order valence-corrected chi connectivity index (χ0v) is 11.1. The van der Waals surface area contributed by atoms with Crippen LogP contribution in [0.25, 0.3) is 0 Å². The van der Waals surface area contributed by atoms with E-state index < -0.39 is 6.09 Å². The molecular formula is C14H18FN3O2. The summed E-state index contributed by atoms with van der Waals surface area (Å²) in [5.41, 5.74) is 6.75. The molecule has 2 aliphatic rings. The minimum atomic E-state index is -0.446. The van der Waals surface area contributed by atoms with Crippen molar-refractivity contribution in [2.24, 2.45) is 5.73 Å². The first-order valence-electron chi connectivity index (χ1n) is 6.88. The molecule has 1 unspecified atom stereocenters. The molecule has 1 amide bonds. The van der Waals surface area contributed by atoms with Gasteiger partial charge in [-0.25, -0.2) is 9.18 Å². The van der Waals surface area contributed by atoms with Crippen molar-refractivity contribution in [2.75, 3.05) is 31.1 Å². The van der Waals surface area contributed by atoms with Gasteiger partial charge < -0.3 is 15.8 Å². The van der Waals surface area contributed by atoms with Gasteiger partial charge in [-0.1, -0.05) is 6.07 Å².